The largest absolute Gasteiger partial charge is 0.331 e. The lowest BCUT2D eigenvalue weighted by Gasteiger charge is -2.27. The summed E-state index contributed by atoms with van der Waals surface area (Å²) in [5.41, 5.74) is 5.13. The van der Waals surface area contributed by atoms with Crippen LogP contribution in [0.2, 0.25) is 5.02 Å². The topological polar surface area (TPSA) is 67.2 Å². The van der Waals surface area contributed by atoms with Crippen LogP contribution in [0.25, 0.3) is 0 Å². The Bertz CT molecular complexity index is 1140. The van der Waals surface area contributed by atoms with Gasteiger partial charge in [-0.05, 0) is 60.2 Å². The molecule has 0 atom stereocenters. The van der Waals surface area contributed by atoms with E-state index in [0.717, 1.165) is 30.5 Å². The molecule has 0 saturated carbocycles. The number of aryl methyl sites for hydroxylation is 2. The molecule has 2 heterocycles. The monoisotopic (exact) mass is 420 g/mol. The summed E-state index contributed by atoms with van der Waals surface area (Å²) in [6.07, 6.45) is 3.32. The number of amides is 2. The van der Waals surface area contributed by atoms with Gasteiger partial charge in [-0.2, -0.15) is 5.10 Å². The number of carbonyl (C=O) groups excluding carboxylic acids is 2. The lowest BCUT2D eigenvalue weighted by Crippen LogP contribution is -2.39. The van der Waals surface area contributed by atoms with E-state index < -0.39 is 0 Å². The molecule has 7 heteroatoms. The average Bonchev–Trinajstić information content (AvgIpc) is 3.38. The number of hydrogen-bond donors (Lipinski definition) is 1. The van der Waals surface area contributed by atoms with Crippen LogP contribution in [0.3, 0.4) is 0 Å². The highest BCUT2D eigenvalue weighted by atomic mass is 35.5. The van der Waals surface area contributed by atoms with E-state index >= 15 is 0 Å². The van der Waals surface area contributed by atoms with Crippen molar-refractivity contribution in [1.82, 2.24) is 14.7 Å². The summed E-state index contributed by atoms with van der Waals surface area (Å²) < 4.78 is 1.62. The zero-order chi connectivity index (χ0) is 20.7. The van der Waals surface area contributed by atoms with Gasteiger partial charge in [-0.15, -0.1) is 0 Å². The van der Waals surface area contributed by atoms with Crippen molar-refractivity contribution in [3.63, 3.8) is 0 Å². The first-order valence-electron chi connectivity index (χ1n) is 10.1. The van der Waals surface area contributed by atoms with Gasteiger partial charge in [0.05, 0.1) is 6.54 Å². The van der Waals surface area contributed by atoms with Crippen LogP contribution >= 0.6 is 11.6 Å². The molecule has 1 aliphatic heterocycles. The molecular formula is C23H21ClN4O2. The Hall–Kier alpha value is -3.12. The molecule has 0 bridgehead atoms. The van der Waals surface area contributed by atoms with E-state index in [1.807, 2.05) is 36.4 Å². The maximum Gasteiger partial charge on any atom is 0.276 e. The normalized spacial score (nSPS) is 15.1. The average molecular weight is 421 g/mol. The summed E-state index contributed by atoms with van der Waals surface area (Å²) >= 11 is 5.94. The van der Waals surface area contributed by atoms with Crippen molar-refractivity contribution < 1.29 is 9.59 Å². The number of anilines is 1. The number of aromatic nitrogens is 2. The number of fused-ring (bicyclic) bond motifs is 2. The van der Waals surface area contributed by atoms with E-state index in [1.165, 1.54) is 11.1 Å². The van der Waals surface area contributed by atoms with Gasteiger partial charge in [0.25, 0.3) is 11.8 Å². The van der Waals surface area contributed by atoms with Gasteiger partial charge in [0, 0.05) is 29.9 Å². The minimum absolute atomic E-state index is 0.125. The van der Waals surface area contributed by atoms with Crippen molar-refractivity contribution in [1.29, 1.82) is 0 Å². The predicted octanol–water partition coefficient (Wildman–Crippen LogP) is 3.93. The molecule has 1 aromatic heterocycles. The van der Waals surface area contributed by atoms with Crippen LogP contribution in [0.1, 0.15) is 44.1 Å². The quantitative estimate of drug-likeness (QED) is 0.695. The summed E-state index contributed by atoms with van der Waals surface area (Å²) in [7, 11) is 0. The van der Waals surface area contributed by atoms with Crippen molar-refractivity contribution in [3.8, 4) is 0 Å². The third-order valence-corrected chi connectivity index (χ3v) is 6.00. The summed E-state index contributed by atoms with van der Waals surface area (Å²) in [4.78, 5) is 27.4. The highest BCUT2D eigenvalue weighted by Gasteiger charge is 2.28. The van der Waals surface area contributed by atoms with Crippen LogP contribution < -0.4 is 5.32 Å². The number of nitrogens with one attached hydrogen (secondary N) is 1. The van der Waals surface area contributed by atoms with Gasteiger partial charge in [0.15, 0.2) is 5.69 Å². The Morgan fingerprint density at radius 3 is 2.67 bits per heavy atom. The molecule has 0 spiro atoms. The number of rotatable bonds is 4. The second kappa shape index (κ2) is 7.61. The fourth-order valence-electron chi connectivity index (χ4n) is 4.16. The molecule has 1 aliphatic carbocycles. The SMILES string of the molecule is O=C(Nc1ccc2c(c1)CCC2)c1cc2n(n1)CCN(Cc1ccc(Cl)cc1)C2=O. The van der Waals surface area contributed by atoms with Gasteiger partial charge < -0.3 is 10.2 Å². The smallest absolute Gasteiger partial charge is 0.276 e. The minimum atomic E-state index is -0.299. The second-order valence-corrected chi connectivity index (χ2v) is 8.22. The summed E-state index contributed by atoms with van der Waals surface area (Å²) in [6, 6.07) is 15.1. The lowest BCUT2D eigenvalue weighted by molar-refractivity contribution is 0.0683. The zero-order valence-electron chi connectivity index (χ0n) is 16.4. The Morgan fingerprint density at radius 1 is 1.03 bits per heavy atom. The predicted molar refractivity (Wildman–Crippen MR) is 115 cm³/mol. The van der Waals surface area contributed by atoms with Crippen LogP contribution in [0.4, 0.5) is 5.69 Å². The van der Waals surface area contributed by atoms with E-state index in [4.69, 9.17) is 11.6 Å². The summed E-state index contributed by atoms with van der Waals surface area (Å²) in [5.74, 6) is -0.424. The van der Waals surface area contributed by atoms with Crippen molar-refractivity contribution in [2.75, 3.05) is 11.9 Å². The third kappa shape index (κ3) is 3.59. The Labute approximate surface area is 179 Å². The van der Waals surface area contributed by atoms with Crippen molar-refractivity contribution in [2.45, 2.75) is 32.4 Å². The van der Waals surface area contributed by atoms with Crippen LogP contribution in [-0.4, -0.2) is 33.0 Å². The molecule has 2 amide bonds. The van der Waals surface area contributed by atoms with E-state index in [1.54, 1.807) is 15.6 Å². The van der Waals surface area contributed by atoms with E-state index in [9.17, 15) is 9.59 Å². The number of halogens is 1. The Morgan fingerprint density at radius 2 is 1.83 bits per heavy atom. The summed E-state index contributed by atoms with van der Waals surface area (Å²) in [6.45, 7) is 1.60. The maximum atomic E-state index is 12.9. The lowest BCUT2D eigenvalue weighted by atomic mass is 10.1. The van der Waals surface area contributed by atoms with E-state index in [0.29, 0.717) is 30.4 Å². The van der Waals surface area contributed by atoms with E-state index in [2.05, 4.69) is 16.5 Å². The van der Waals surface area contributed by atoms with Crippen molar-refractivity contribution in [3.05, 3.63) is 81.6 Å². The maximum absolute atomic E-state index is 12.9. The Kier molecular flexibility index (Phi) is 4.79. The van der Waals surface area contributed by atoms with Crippen LogP contribution in [0.15, 0.2) is 48.5 Å². The molecule has 152 valence electrons. The first kappa shape index (κ1) is 18.9. The third-order valence-electron chi connectivity index (χ3n) is 5.74. The molecule has 0 fully saturated rings. The van der Waals surface area contributed by atoms with Crippen molar-refractivity contribution in [2.24, 2.45) is 0 Å². The molecule has 0 saturated heterocycles. The molecule has 6 nitrogen and oxygen atoms in total. The summed E-state index contributed by atoms with van der Waals surface area (Å²) in [5, 5.41) is 7.95. The van der Waals surface area contributed by atoms with Gasteiger partial charge in [-0.1, -0.05) is 29.8 Å². The molecule has 2 aromatic carbocycles. The van der Waals surface area contributed by atoms with Crippen molar-refractivity contribution >= 4 is 29.1 Å². The van der Waals surface area contributed by atoms with Gasteiger partial charge in [0.2, 0.25) is 0 Å². The zero-order valence-corrected chi connectivity index (χ0v) is 17.2. The molecular weight excluding hydrogens is 400 g/mol. The first-order valence-corrected chi connectivity index (χ1v) is 10.5. The van der Waals surface area contributed by atoms with Crippen LogP contribution in [-0.2, 0) is 25.9 Å². The number of nitrogens with zero attached hydrogens (tertiary/aromatic N) is 3. The van der Waals surface area contributed by atoms with Gasteiger partial charge in [-0.25, -0.2) is 0 Å². The number of hydrogen-bond acceptors (Lipinski definition) is 3. The van der Waals surface area contributed by atoms with E-state index in [-0.39, 0.29) is 17.5 Å². The highest BCUT2D eigenvalue weighted by molar-refractivity contribution is 6.30. The standard InChI is InChI=1S/C23H21ClN4O2/c24-18-7-4-15(5-8-18)14-27-10-11-28-21(23(27)30)13-20(26-28)22(29)25-19-9-6-16-2-1-3-17(16)12-19/h4-9,12-13H,1-3,10-11,14H2,(H,25,29). The fraction of sp³-hybridized carbons (Fsp3) is 0.261. The molecule has 0 radical (unpaired) electrons. The molecule has 0 unspecified atom stereocenters. The molecule has 1 N–H and O–H groups in total. The molecule has 5 rings (SSSR count). The first-order chi connectivity index (χ1) is 14.6. The Balaban J connectivity index is 1.31. The van der Waals surface area contributed by atoms with Crippen LogP contribution in [0, 0.1) is 0 Å². The second-order valence-electron chi connectivity index (χ2n) is 7.78. The number of benzene rings is 2. The van der Waals surface area contributed by atoms with Crippen LogP contribution in [0.5, 0.6) is 0 Å². The highest BCUT2D eigenvalue weighted by Crippen LogP contribution is 2.25. The molecule has 3 aromatic rings. The fourth-order valence-corrected chi connectivity index (χ4v) is 4.28. The molecule has 2 aliphatic rings. The van der Waals surface area contributed by atoms with Gasteiger partial charge in [-0.3, -0.25) is 14.3 Å². The van der Waals surface area contributed by atoms with Gasteiger partial charge >= 0.3 is 0 Å². The molecule has 30 heavy (non-hydrogen) atoms. The number of carbonyl (C=O) groups is 2. The van der Waals surface area contributed by atoms with Gasteiger partial charge in [0.1, 0.15) is 5.69 Å². The minimum Gasteiger partial charge on any atom is -0.331 e.